The Bertz CT molecular complexity index is 1120. The first-order valence-electron chi connectivity index (χ1n) is 8.34. The van der Waals surface area contributed by atoms with E-state index in [1.54, 1.807) is 43.5 Å². The Balaban J connectivity index is 1.93. The van der Waals surface area contributed by atoms with Gasteiger partial charge in [-0.1, -0.05) is 6.07 Å². The molecule has 0 saturated heterocycles. The first kappa shape index (κ1) is 21.3. The average molecular weight is 530 g/mol. The van der Waals surface area contributed by atoms with Crippen LogP contribution in [-0.2, 0) is 16.6 Å². The predicted octanol–water partition coefficient (Wildman–Crippen LogP) is 2.38. The zero-order valence-corrected chi connectivity index (χ0v) is 18.9. The van der Waals surface area contributed by atoms with Crippen LogP contribution in [0, 0.1) is 3.57 Å². The minimum absolute atomic E-state index is 0.0428. The molecule has 0 spiro atoms. The van der Waals surface area contributed by atoms with E-state index in [0.717, 1.165) is 3.57 Å². The van der Waals surface area contributed by atoms with E-state index in [9.17, 15) is 8.42 Å². The maximum atomic E-state index is 13.1. The van der Waals surface area contributed by atoms with Crippen LogP contribution in [0.2, 0.25) is 0 Å². The molecule has 3 rings (SSSR count). The Morgan fingerprint density at radius 1 is 1.07 bits per heavy atom. The first-order chi connectivity index (χ1) is 13.9. The second kappa shape index (κ2) is 8.97. The van der Waals surface area contributed by atoms with Crippen molar-refractivity contribution in [2.75, 3.05) is 21.3 Å². The molecule has 1 aromatic heterocycles. The number of halogens is 1. The smallest absolute Gasteiger partial charge is 0.335 e. The van der Waals surface area contributed by atoms with Gasteiger partial charge < -0.3 is 14.2 Å². The van der Waals surface area contributed by atoms with Crippen molar-refractivity contribution < 1.29 is 22.6 Å². The summed E-state index contributed by atoms with van der Waals surface area (Å²) in [5.41, 5.74) is 1.03. The molecule has 0 amide bonds. The Labute approximate surface area is 182 Å². The summed E-state index contributed by atoms with van der Waals surface area (Å²) in [5.74, 6) is 1.14. The summed E-state index contributed by atoms with van der Waals surface area (Å²) >= 11 is 2.06. The predicted molar refractivity (Wildman–Crippen MR) is 114 cm³/mol. The summed E-state index contributed by atoms with van der Waals surface area (Å²) in [6.07, 6.45) is 1.40. The molecule has 11 heteroatoms. The van der Waals surface area contributed by atoms with Gasteiger partial charge in [-0.15, -0.1) is 5.10 Å². The van der Waals surface area contributed by atoms with Crippen molar-refractivity contribution in [1.29, 1.82) is 0 Å². The maximum Gasteiger partial charge on any atom is 0.335 e. The van der Waals surface area contributed by atoms with Gasteiger partial charge in [0.2, 0.25) is 10.0 Å². The third-order valence-corrected chi connectivity index (χ3v) is 6.16. The largest absolute Gasteiger partial charge is 0.497 e. The molecule has 1 N–H and O–H groups in total. The van der Waals surface area contributed by atoms with Crippen molar-refractivity contribution in [2.24, 2.45) is 0 Å². The van der Waals surface area contributed by atoms with Crippen molar-refractivity contribution >= 4 is 32.6 Å². The summed E-state index contributed by atoms with van der Waals surface area (Å²) < 4.78 is 46.4. The van der Waals surface area contributed by atoms with Crippen molar-refractivity contribution in [3.63, 3.8) is 0 Å². The lowest BCUT2D eigenvalue weighted by Gasteiger charge is -2.14. The molecule has 0 atom stereocenters. The molecule has 1 heterocycles. The number of nitrogens with zero attached hydrogens (tertiary/aromatic N) is 3. The second-order valence-corrected chi connectivity index (χ2v) is 8.77. The number of hydrogen-bond donors (Lipinski definition) is 1. The van der Waals surface area contributed by atoms with E-state index in [1.807, 2.05) is 0 Å². The molecule has 9 nitrogen and oxygen atoms in total. The van der Waals surface area contributed by atoms with E-state index in [0.29, 0.717) is 22.7 Å². The van der Waals surface area contributed by atoms with Gasteiger partial charge in [-0.2, -0.15) is 4.98 Å². The van der Waals surface area contributed by atoms with Crippen LogP contribution in [0.25, 0.3) is 5.69 Å². The highest BCUT2D eigenvalue weighted by atomic mass is 127. The molecule has 0 unspecified atom stereocenters. The molecule has 0 aliphatic rings. The topological polar surface area (TPSA) is 105 Å². The third kappa shape index (κ3) is 4.79. The van der Waals surface area contributed by atoms with E-state index >= 15 is 0 Å². The van der Waals surface area contributed by atoms with E-state index in [-0.39, 0.29) is 17.5 Å². The Hall–Kier alpha value is -2.38. The van der Waals surface area contributed by atoms with Gasteiger partial charge in [-0.05, 0) is 46.9 Å². The number of benzene rings is 2. The second-order valence-electron chi connectivity index (χ2n) is 5.79. The number of nitrogens with one attached hydrogen (secondary N) is 1. The highest BCUT2D eigenvalue weighted by molar-refractivity contribution is 14.1. The Kier molecular flexibility index (Phi) is 6.59. The molecule has 0 aliphatic heterocycles. The lowest BCUT2D eigenvalue weighted by molar-refractivity contribution is 0.379. The van der Waals surface area contributed by atoms with E-state index in [4.69, 9.17) is 14.2 Å². The van der Waals surface area contributed by atoms with E-state index < -0.39 is 10.0 Å². The van der Waals surface area contributed by atoms with Gasteiger partial charge in [0, 0.05) is 21.7 Å². The fourth-order valence-corrected chi connectivity index (χ4v) is 4.52. The van der Waals surface area contributed by atoms with Gasteiger partial charge in [-0.3, -0.25) is 0 Å². The van der Waals surface area contributed by atoms with Gasteiger partial charge in [0.05, 0.1) is 27.0 Å². The number of aromatic nitrogens is 3. The molecular weight excluding hydrogens is 511 g/mol. The number of hydrogen-bond acceptors (Lipinski definition) is 7. The van der Waals surface area contributed by atoms with Gasteiger partial charge >= 0.3 is 6.01 Å². The summed E-state index contributed by atoms with van der Waals surface area (Å²) in [7, 11) is 0.637. The molecule has 0 radical (unpaired) electrons. The highest BCUT2D eigenvalue weighted by Crippen LogP contribution is 2.26. The minimum Gasteiger partial charge on any atom is -0.497 e. The van der Waals surface area contributed by atoms with Crippen LogP contribution >= 0.6 is 22.6 Å². The van der Waals surface area contributed by atoms with Crippen LogP contribution in [0.5, 0.6) is 17.5 Å². The van der Waals surface area contributed by atoms with Crippen molar-refractivity contribution in [1.82, 2.24) is 19.5 Å². The molecule has 0 aliphatic carbocycles. The summed E-state index contributed by atoms with van der Waals surface area (Å²) in [4.78, 5) is 4.05. The number of rotatable bonds is 8. The van der Waals surface area contributed by atoms with Crippen LogP contribution in [0.1, 0.15) is 5.56 Å². The standard InChI is InChI=1S/C18H19IN4O5S/c1-26-14-6-4-12(16(9-14)27-2)10-21-29(24,25)17-8-13(19)5-7-15(17)23-11-20-18(22-23)28-3/h4-9,11,21H,10H2,1-3H3. The van der Waals surface area contributed by atoms with Crippen LogP contribution < -0.4 is 18.9 Å². The van der Waals surface area contributed by atoms with Gasteiger partial charge in [0.1, 0.15) is 22.7 Å². The Morgan fingerprint density at radius 2 is 1.86 bits per heavy atom. The Morgan fingerprint density at radius 3 is 2.52 bits per heavy atom. The van der Waals surface area contributed by atoms with Crippen LogP contribution in [0.15, 0.2) is 47.6 Å². The van der Waals surface area contributed by atoms with Gasteiger partial charge in [-0.25, -0.2) is 17.8 Å². The van der Waals surface area contributed by atoms with Crippen LogP contribution in [0.4, 0.5) is 0 Å². The number of sulfonamides is 1. The van der Waals surface area contributed by atoms with Crippen molar-refractivity contribution in [3.8, 4) is 23.2 Å². The third-order valence-electron chi connectivity index (χ3n) is 4.06. The lowest BCUT2D eigenvalue weighted by atomic mass is 10.2. The number of ether oxygens (including phenoxy) is 3. The van der Waals surface area contributed by atoms with E-state index in [1.165, 1.54) is 25.2 Å². The van der Waals surface area contributed by atoms with Crippen molar-refractivity contribution in [3.05, 3.63) is 51.9 Å². The molecule has 154 valence electrons. The molecular formula is C18H19IN4O5S. The zero-order valence-electron chi connectivity index (χ0n) is 15.9. The summed E-state index contributed by atoms with van der Waals surface area (Å²) in [6.45, 7) is 0.0428. The van der Waals surface area contributed by atoms with E-state index in [2.05, 4.69) is 37.4 Å². The highest BCUT2D eigenvalue weighted by Gasteiger charge is 2.22. The molecule has 3 aromatic rings. The quantitative estimate of drug-likeness (QED) is 0.446. The van der Waals surface area contributed by atoms with Crippen molar-refractivity contribution in [2.45, 2.75) is 11.4 Å². The lowest BCUT2D eigenvalue weighted by Crippen LogP contribution is -2.25. The molecule has 29 heavy (non-hydrogen) atoms. The fourth-order valence-electron chi connectivity index (χ4n) is 2.60. The first-order valence-corrected chi connectivity index (χ1v) is 10.9. The average Bonchev–Trinajstić information content (AvgIpc) is 3.21. The molecule has 2 aromatic carbocycles. The molecule has 0 fully saturated rings. The molecule has 0 saturated carbocycles. The number of methoxy groups -OCH3 is 3. The normalized spacial score (nSPS) is 11.3. The molecule has 0 bridgehead atoms. The SMILES string of the molecule is COc1ccc(CNS(=O)(=O)c2cc(I)ccc2-n2cnc(OC)n2)c(OC)c1. The summed E-state index contributed by atoms with van der Waals surface area (Å²) in [5, 5.41) is 4.12. The van der Waals surface area contributed by atoms with Gasteiger partial charge in [0.15, 0.2) is 0 Å². The van der Waals surface area contributed by atoms with Gasteiger partial charge in [0.25, 0.3) is 0 Å². The zero-order chi connectivity index (χ0) is 21.0. The maximum absolute atomic E-state index is 13.1. The van der Waals surface area contributed by atoms with Crippen LogP contribution in [0.3, 0.4) is 0 Å². The summed E-state index contributed by atoms with van der Waals surface area (Å²) in [6, 6.07) is 10.3. The fraction of sp³-hybridized carbons (Fsp3) is 0.222. The minimum atomic E-state index is -3.87. The monoisotopic (exact) mass is 530 g/mol. The van der Waals surface area contributed by atoms with Crippen LogP contribution in [-0.4, -0.2) is 44.5 Å².